The van der Waals surface area contributed by atoms with Gasteiger partial charge in [0.1, 0.15) is 0 Å². The van der Waals surface area contributed by atoms with E-state index in [-0.39, 0.29) is 23.8 Å². The number of carbonyl (C=O) groups excluding carboxylic acids is 3. The summed E-state index contributed by atoms with van der Waals surface area (Å²) in [6.45, 7) is 2.41. The second-order valence-corrected chi connectivity index (χ2v) is 7.60. The predicted octanol–water partition coefficient (Wildman–Crippen LogP) is 4.60. The largest absolute Gasteiger partial charge is 0.341 e. The first-order chi connectivity index (χ1) is 15.1. The number of benzene rings is 3. The Labute approximate surface area is 181 Å². The fourth-order valence-corrected chi connectivity index (χ4v) is 3.82. The quantitative estimate of drug-likeness (QED) is 0.577. The average molecular weight is 412 g/mol. The number of nitrogens with zero attached hydrogens (tertiary/aromatic N) is 1. The smallest absolute Gasteiger partial charge is 0.261 e. The Balaban J connectivity index is 1.61. The lowest BCUT2D eigenvalue weighted by molar-refractivity contribution is 0.0652. The summed E-state index contributed by atoms with van der Waals surface area (Å²) in [5, 5.41) is 3.08. The van der Waals surface area contributed by atoms with E-state index in [0.717, 1.165) is 24.0 Å². The second-order valence-electron chi connectivity index (χ2n) is 7.60. The van der Waals surface area contributed by atoms with Crippen molar-refractivity contribution in [2.24, 2.45) is 0 Å². The molecule has 4 rings (SSSR count). The van der Waals surface area contributed by atoms with Crippen LogP contribution in [0.25, 0.3) is 0 Å². The SMILES string of the molecule is CCCCN1C(=O)c2ccc(C(=O)NC(c3ccccc3)c3ccccc3)cc2C1=O. The summed E-state index contributed by atoms with van der Waals surface area (Å²) in [5.41, 5.74) is 2.93. The first kappa shape index (κ1) is 20.5. The number of amides is 3. The number of imide groups is 1. The highest BCUT2D eigenvalue weighted by Crippen LogP contribution is 2.26. The van der Waals surface area contributed by atoms with Crippen LogP contribution in [0.2, 0.25) is 0 Å². The summed E-state index contributed by atoms with van der Waals surface area (Å²) in [7, 11) is 0. The third-order valence-electron chi connectivity index (χ3n) is 5.51. The molecule has 0 atom stereocenters. The second kappa shape index (κ2) is 8.96. The van der Waals surface area contributed by atoms with E-state index in [1.165, 1.54) is 11.0 Å². The minimum absolute atomic E-state index is 0.285. The van der Waals surface area contributed by atoms with Gasteiger partial charge in [0.25, 0.3) is 17.7 Å². The molecule has 0 unspecified atom stereocenters. The molecule has 0 aliphatic carbocycles. The van der Waals surface area contributed by atoms with Gasteiger partial charge in [-0.1, -0.05) is 74.0 Å². The van der Waals surface area contributed by atoms with Gasteiger partial charge in [0.15, 0.2) is 0 Å². The van der Waals surface area contributed by atoms with Crippen molar-refractivity contribution in [2.75, 3.05) is 6.54 Å². The Morgan fingerprint density at radius 2 is 1.42 bits per heavy atom. The molecule has 0 saturated heterocycles. The topological polar surface area (TPSA) is 66.5 Å². The van der Waals surface area contributed by atoms with E-state index in [1.54, 1.807) is 12.1 Å². The Morgan fingerprint density at radius 1 is 0.839 bits per heavy atom. The zero-order valence-electron chi connectivity index (χ0n) is 17.4. The molecule has 0 bridgehead atoms. The van der Waals surface area contributed by atoms with Gasteiger partial charge in [-0.15, -0.1) is 0 Å². The molecule has 3 amide bonds. The molecular weight excluding hydrogens is 388 g/mol. The Bertz CT molecular complexity index is 1070. The van der Waals surface area contributed by atoms with Gasteiger partial charge in [0.2, 0.25) is 0 Å². The fraction of sp³-hybridized carbons (Fsp3) is 0.192. The van der Waals surface area contributed by atoms with Crippen molar-refractivity contribution in [2.45, 2.75) is 25.8 Å². The Morgan fingerprint density at radius 3 is 2.00 bits per heavy atom. The van der Waals surface area contributed by atoms with Crippen molar-refractivity contribution in [1.29, 1.82) is 0 Å². The summed E-state index contributed by atoms with van der Waals surface area (Å²) < 4.78 is 0. The molecule has 5 heteroatoms. The minimum atomic E-state index is -0.332. The van der Waals surface area contributed by atoms with Crippen molar-refractivity contribution >= 4 is 17.7 Å². The van der Waals surface area contributed by atoms with Crippen molar-refractivity contribution in [3.05, 3.63) is 107 Å². The zero-order valence-corrected chi connectivity index (χ0v) is 17.4. The molecule has 0 aromatic heterocycles. The van der Waals surface area contributed by atoms with Crippen molar-refractivity contribution in [3.8, 4) is 0 Å². The number of rotatable bonds is 7. The van der Waals surface area contributed by atoms with Crippen molar-refractivity contribution in [1.82, 2.24) is 10.2 Å². The number of fused-ring (bicyclic) bond motifs is 1. The lowest BCUT2D eigenvalue weighted by Gasteiger charge is -2.20. The monoisotopic (exact) mass is 412 g/mol. The number of carbonyl (C=O) groups is 3. The molecule has 0 saturated carbocycles. The van der Waals surface area contributed by atoms with E-state index < -0.39 is 0 Å². The lowest BCUT2D eigenvalue weighted by atomic mass is 9.98. The average Bonchev–Trinajstić information content (AvgIpc) is 3.06. The molecule has 31 heavy (non-hydrogen) atoms. The third kappa shape index (κ3) is 4.12. The van der Waals surface area contributed by atoms with Gasteiger partial charge in [0.05, 0.1) is 17.2 Å². The first-order valence-electron chi connectivity index (χ1n) is 10.5. The van der Waals surface area contributed by atoms with Crippen LogP contribution in [-0.2, 0) is 0 Å². The summed E-state index contributed by atoms with van der Waals surface area (Å²) in [5.74, 6) is -0.912. The molecule has 0 radical (unpaired) electrons. The van der Waals surface area contributed by atoms with Crippen LogP contribution in [0.3, 0.4) is 0 Å². The van der Waals surface area contributed by atoms with Crippen LogP contribution in [-0.4, -0.2) is 29.2 Å². The molecule has 1 N–H and O–H groups in total. The van der Waals surface area contributed by atoms with Crippen molar-refractivity contribution in [3.63, 3.8) is 0 Å². The van der Waals surface area contributed by atoms with Crippen LogP contribution >= 0.6 is 0 Å². The highest BCUT2D eigenvalue weighted by Gasteiger charge is 2.35. The fourth-order valence-electron chi connectivity index (χ4n) is 3.82. The van der Waals surface area contributed by atoms with E-state index in [0.29, 0.717) is 23.2 Å². The molecule has 1 heterocycles. The molecule has 5 nitrogen and oxygen atoms in total. The van der Waals surface area contributed by atoms with Crippen LogP contribution in [0.15, 0.2) is 78.9 Å². The van der Waals surface area contributed by atoms with Crippen LogP contribution in [0.1, 0.15) is 68.0 Å². The van der Waals surface area contributed by atoms with Crippen molar-refractivity contribution < 1.29 is 14.4 Å². The maximum Gasteiger partial charge on any atom is 0.261 e. The van der Waals surface area contributed by atoms with Gasteiger partial charge in [0, 0.05) is 12.1 Å². The number of nitrogens with one attached hydrogen (secondary N) is 1. The first-order valence-corrected chi connectivity index (χ1v) is 10.5. The van der Waals surface area contributed by atoms with Gasteiger partial charge in [-0.3, -0.25) is 19.3 Å². The third-order valence-corrected chi connectivity index (χ3v) is 5.51. The molecular formula is C26H24N2O3. The van der Waals surface area contributed by atoms with E-state index >= 15 is 0 Å². The number of unbranched alkanes of at least 4 members (excludes halogenated alkanes) is 1. The number of hydrogen-bond donors (Lipinski definition) is 1. The molecule has 3 aromatic carbocycles. The highest BCUT2D eigenvalue weighted by molar-refractivity contribution is 6.22. The van der Waals surface area contributed by atoms with Crippen LogP contribution in [0, 0.1) is 0 Å². The minimum Gasteiger partial charge on any atom is -0.341 e. The number of hydrogen-bond acceptors (Lipinski definition) is 3. The normalized spacial score (nSPS) is 12.9. The lowest BCUT2D eigenvalue weighted by Crippen LogP contribution is -2.30. The summed E-state index contributed by atoms with van der Waals surface area (Å²) >= 11 is 0. The van der Waals surface area contributed by atoms with E-state index in [9.17, 15) is 14.4 Å². The predicted molar refractivity (Wildman–Crippen MR) is 119 cm³/mol. The van der Waals surface area contributed by atoms with Gasteiger partial charge in [-0.05, 0) is 35.7 Å². The Kier molecular flexibility index (Phi) is 5.94. The summed E-state index contributed by atoms with van der Waals surface area (Å²) in [4.78, 5) is 39.7. The van der Waals surface area contributed by atoms with Gasteiger partial charge < -0.3 is 5.32 Å². The van der Waals surface area contributed by atoms with E-state index in [4.69, 9.17) is 0 Å². The van der Waals surface area contributed by atoms with E-state index in [2.05, 4.69) is 5.32 Å². The molecule has 156 valence electrons. The highest BCUT2D eigenvalue weighted by atomic mass is 16.2. The molecule has 0 spiro atoms. The van der Waals surface area contributed by atoms with Crippen LogP contribution in [0.5, 0.6) is 0 Å². The molecule has 1 aliphatic heterocycles. The standard InChI is InChI=1S/C26H24N2O3/c1-2-3-16-28-25(30)21-15-14-20(17-22(21)26(28)31)24(29)27-23(18-10-6-4-7-11-18)19-12-8-5-9-13-19/h4-15,17,23H,2-3,16H2,1H3,(H,27,29). The van der Waals surface area contributed by atoms with Gasteiger partial charge in [-0.25, -0.2) is 0 Å². The maximum absolute atomic E-state index is 13.1. The summed E-state index contributed by atoms with van der Waals surface area (Å²) in [6.07, 6.45) is 1.65. The van der Waals surface area contributed by atoms with Gasteiger partial charge in [-0.2, -0.15) is 0 Å². The van der Waals surface area contributed by atoms with Crippen LogP contribution in [0.4, 0.5) is 0 Å². The molecule has 1 aliphatic rings. The van der Waals surface area contributed by atoms with Gasteiger partial charge >= 0.3 is 0 Å². The maximum atomic E-state index is 13.1. The Hall–Kier alpha value is -3.73. The van der Waals surface area contributed by atoms with E-state index in [1.807, 2.05) is 67.6 Å². The zero-order chi connectivity index (χ0) is 21.8. The molecule has 3 aromatic rings. The molecule has 0 fully saturated rings. The summed E-state index contributed by atoms with van der Waals surface area (Å²) in [6, 6.07) is 23.8. The van der Waals surface area contributed by atoms with Crippen LogP contribution < -0.4 is 5.32 Å².